The standard InChI is InChI=1S/C55H36N2O/c1-4-18-35(19-5-1)55(36-20-6-2-7-21-36)44-28-14-10-24-39(44)40-33-32-38(34-45(40)55)57-47-30-16-12-26-42(47)51-52-49(50-43-27-13-17-31-48(43)58-54(50)53(51)57)41-25-11-15-29-46(41)56(52)37-22-8-3-9-23-37/h1-13,15-27,29-34H,14,28H2. The number of allylic oxidation sites excluding steroid dienone is 4. The third-order valence-electron chi connectivity index (χ3n) is 13.1. The Morgan fingerprint density at radius 1 is 0.483 bits per heavy atom. The second kappa shape index (κ2) is 11.8. The lowest BCUT2D eigenvalue weighted by Gasteiger charge is -2.36. The molecule has 0 bridgehead atoms. The van der Waals surface area contributed by atoms with Crippen LogP contribution in [0.3, 0.4) is 0 Å². The molecule has 0 amide bonds. The highest BCUT2D eigenvalue weighted by Crippen LogP contribution is 2.58. The molecule has 0 aliphatic heterocycles. The molecular weight excluding hydrogens is 705 g/mol. The second-order valence-corrected chi connectivity index (χ2v) is 15.8. The molecule has 3 aromatic heterocycles. The van der Waals surface area contributed by atoms with Gasteiger partial charge in [-0.05, 0) is 88.7 Å². The summed E-state index contributed by atoms with van der Waals surface area (Å²) < 4.78 is 12.1. The molecule has 0 N–H and O–H groups in total. The first kappa shape index (κ1) is 31.8. The first-order chi connectivity index (χ1) is 28.8. The predicted molar refractivity (Wildman–Crippen MR) is 240 cm³/mol. The van der Waals surface area contributed by atoms with Crippen LogP contribution in [0.5, 0.6) is 0 Å². The number of nitrogens with zero attached hydrogens (tertiary/aromatic N) is 2. The molecular formula is C55H36N2O. The summed E-state index contributed by atoms with van der Waals surface area (Å²) in [5.41, 5.74) is 16.3. The van der Waals surface area contributed by atoms with Crippen molar-refractivity contribution in [1.82, 2.24) is 9.13 Å². The molecule has 3 heteroatoms. The molecule has 0 saturated carbocycles. The second-order valence-electron chi connectivity index (χ2n) is 15.8. The van der Waals surface area contributed by atoms with Crippen molar-refractivity contribution in [2.45, 2.75) is 18.3 Å². The van der Waals surface area contributed by atoms with Gasteiger partial charge in [0.1, 0.15) is 5.58 Å². The lowest BCUT2D eigenvalue weighted by molar-refractivity contribution is 0.671. The van der Waals surface area contributed by atoms with Crippen LogP contribution < -0.4 is 0 Å². The van der Waals surface area contributed by atoms with E-state index in [1.165, 1.54) is 66.0 Å². The SMILES string of the molecule is C1=CC2=C(CC1)C(c1ccccc1)(c1ccccc1)c1cc(-n3c4ccccc4c4c3c3oc5ccccc5c3c3c5ccccc5n(-c5ccccc5)c34)ccc12. The summed E-state index contributed by atoms with van der Waals surface area (Å²) in [4.78, 5) is 0. The molecule has 0 atom stereocenters. The van der Waals surface area contributed by atoms with E-state index in [0.29, 0.717) is 0 Å². The van der Waals surface area contributed by atoms with Crippen molar-refractivity contribution < 1.29 is 4.42 Å². The van der Waals surface area contributed by atoms with Crippen LogP contribution >= 0.6 is 0 Å². The van der Waals surface area contributed by atoms with E-state index in [-0.39, 0.29) is 0 Å². The average molecular weight is 741 g/mol. The fourth-order valence-electron chi connectivity index (χ4n) is 10.9. The fourth-order valence-corrected chi connectivity index (χ4v) is 10.9. The Bertz CT molecular complexity index is 3500. The molecule has 0 spiro atoms. The molecule has 2 aliphatic carbocycles. The Labute approximate surface area is 335 Å². The molecule has 0 radical (unpaired) electrons. The normalized spacial score (nSPS) is 14.8. The van der Waals surface area contributed by atoms with Gasteiger partial charge in [0, 0.05) is 43.7 Å². The lowest BCUT2D eigenvalue weighted by atomic mass is 9.65. The summed E-state index contributed by atoms with van der Waals surface area (Å²) in [5, 5.41) is 7.11. The van der Waals surface area contributed by atoms with Gasteiger partial charge in [-0.15, -0.1) is 0 Å². The third-order valence-corrected chi connectivity index (χ3v) is 13.1. The lowest BCUT2D eigenvalue weighted by Crippen LogP contribution is -2.30. The van der Waals surface area contributed by atoms with E-state index in [1.807, 2.05) is 0 Å². The van der Waals surface area contributed by atoms with Gasteiger partial charge in [0.15, 0.2) is 5.58 Å². The Morgan fingerprint density at radius 3 is 1.78 bits per heavy atom. The van der Waals surface area contributed by atoms with Gasteiger partial charge in [-0.1, -0.05) is 152 Å². The van der Waals surface area contributed by atoms with Gasteiger partial charge in [-0.2, -0.15) is 0 Å². The van der Waals surface area contributed by atoms with Crippen LogP contribution in [0.2, 0.25) is 0 Å². The highest BCUT2D eigenvalue weighted by atomic mass is 16.3. The summed E-state index contributed by atoms with van der Waals surface area (Å²) in [6, 6.07) is 66.8. The van der Waals surface area contributed by atoms with Gasteiger partial charge in [-0.3, -0.25) is 0 Å². The van der Waals surface area contributed by atoms with Crippen LogP contribution in [-0.2, 0) is 5.41 Å². The molecule has 13 rings (SSSR count). The van der Waals surface area contributed by atoms with Gasteiger partial charge < -0.3 is 13.6 Å². The molecule has 8 aromatic carbocycles. The van der Waals surface area contributed by atoms with Gasteiger partial charge in [0.2, 0.25) is 0 Å². The smallest absolute Gasteiger partial charge is 0.160 e. The van der Waals surface area contributed by atoms with Gasteiger partial charge >= 0.3 is 0 Å². The molecule has 0 unspecified atom stereocenters. The molecule has 11 aromatic rings. The van der Waals surface area contributed by atoms with Crippen molar-refractivity contribution in [1.29, 1.82) is 0 Å². The minimum atomic E-state index is -0.436. The minimum absolute atomic E-state index is 0.436. The van der Waals surface area contributed by atoms with E-state index >= 15 is 0 Å². The molecule has 272 valence electrons. The number of hydrogen-bond donors (Lipinski definition) is 0. The number of para-hydroxylation sites is 4. The number of rotatable bonds is 4. The van der Waals surface area contributed by atoms with Crippen molar-refractivity contribution in [2.24, 2.45) is 0 Å². The highest BCUT2D eigenvalue weighted by Gasteiger charge is 2.47. The first-order valence-corrected chi connectivity index (χ1v) is 20.3. The molecule has 3 nitrogen and oxygen atoms in total. The monoisotopic (exact) mass is 740 g/mol. The van der Waals surface area contributed by atoms with E-state index in [0.717, 1.165) is 57.2 Å². The number of benzene rings is 8. The number of hydrogen-bond acceptors (Lipinski definition) is 1. The topological polar surface area (TPSA) is 23.0 Å². The zero-order chi connectivity index (χ0) is 38.0. The number of fused-ring (bicyclic) bond motifs is 14. The van der Waals surface area contributed by atoms with Gasteiger partial charge in [0.25, 0.3) is 0 Å². The van der Waals surface area contributed by atoms with Gasteiger partial charge in [0.05, 0.1) is 27.5 Å². The van der Waals surface area contributed by atoms with Crippen molar-refractivity contribution in [2.75, 3.05) is 0 Å². The van der Waals surface area contributed by atoms with Crippen molar-refractivity contribution in [3.63, 3.8) is 0 Å². The third kappa shape index (κ3) is 4.02. The quantitative estimate of drug-likeness (QED) is 0.176. The van der Waals surface area contributed by atoms with Crippen LogP contribution in [0.15, 0.2) is 204 Å². The van der Waals surface area contributed by atoms with Crippen LogP contribution in [0.4, 0.5) is 0 Å². The maximum atomic E-state index is 7.13. The summed E-state index contributed by atoms with van der Waals surface area (Å²) in [6.07, 6.45) is 6.77. The van der Waals surface area contributed by atoms with E-state index in [4.69, 9.17) is 4.42 Å². The maximum absolute atomic E-state index is 7.13. The largest absolute Gasteiger partial charge is 0.454 e. The van der Waals surface area contributed by atoms with Crippen molar-refractivity contribution >= 4 is 71.1 Å². The van der Waals surface area contributed by atoms with E-state index in [2.05, 4.69) is 203 Å². The molecule has 58 heavy (non-hydrogen) atoms. The summed E-state index contributed by atoms with van der Waals surface area (Å²) in [7, 11) is 0. The Hall–Kier alpha value is -7.36. The fraction of sp³-hybridized carbons (Fsp3) is 0.0545. The minimum Gasteiger partial charge on any atom is -0.454 e. The van der Waals surface area contributed by atoms with E-state index in [1.54, 1.807) is 0 Å². The average Bonchev–Trinajstić information content (AvgIpc) is 4.03. The summed E-state index contributed by atoms with van der Waals surface area (Å²) in [6.45, 7) is 0. The zero-order valence-corrected chi connectivity index (χ0v) is 31.7. The van der Waals surface area contributed by atoms with E-state index in [9.17, 15) is 0 Å². The van der Waals surface area contributed by atoms with Gasteiger partial charge in [-0.25, -0.2) is 0 Å². The van der Waals surface area contributed by atoms with E-state index < -0.39 is 5.41 Å². The molecule has 0 saturated heterocycles. The van der Waals surface area contributed by atoms with Crippen molar-refractivity contribution in [3.05, 3.63) is 222 Å². The van der Waals surface area contributed by atoms with Crippen LogP contribution in [0, 0.1) is 0 Å². The molecule has 2 aliphatic rings. The summed E-state index contributed by atoms with van der Waals surface area (Å²) >= 11 is 0. The highest BCUT2D eigenvalue weighted by molar-refractivity contribution is 6.39. The van der Waals surface area contributed by atoms with Crippen LogP contribution in [0.1, 0.15) is 35.1 Å². The Kier molecular flexibility index (Phi) is 6.49. The summed E-state index contributed by atoms with van der Waals surface area (Å²) in [5.74, 6) is 0. The Morgan fingerprint density at radius 2 is 1.07 bits per heavy atom. The number of aromatic nitrogens is 2. The predicted octanol–water partition coefficient (Wildman–Crippen LogP) is 14.2. The van der Waals surface area contributed by atoms with Crippen LogP contribution in [0.25, 0.3) is 82.5 Å². The molecule has 0 fully saturated rings. The Balaban J connectivity index is 1.23. The first-order valence-electron chi connectivity index (χ1n) is 20.3. The number of furan rings is 1. The molecule has 3 heterocycles. The maximum Gasteiger partial charge on any atom is 0.160 e. The zero-order valence-electron chi connectivity index (χ0n) is 31.7. The van der Waals surface area contributed by atoms with Crippen molar-refractivity contribution in [3.8, 4) is 11.4 Å². The van der Waals surface area contributed by atoms with Crippen LogP contribution in [-0.4, -0.2) is 9.13 Å².